The lowest BCUT2D eigenvalue weighted by Gasteiger charge is -2.12. The molecular formula is C11H22N2. The van der Waals surface area contributed by atoms with Crippen molar-refractivity contribution < 1.29 is 0 Å². The second-order valence-corrected chi connectivity index (χ2v) is 4.55. The fourth-order valence-electron chi connectivity index (χ4n) is 0.856. The highest BCUT2D eigenvalue weighted by Gasteiger charge is 2.05. The number of hydrogen-bond donors (Lipinski definition) is 1. The second kappa shape index (κ2) is 5.05. The lowest BCUT2D eigenvalue weighted by atomic mass is 9.95. The molecule has 0 heterocycles. The smallest absolute Gasteiger partial charge is 0.0469 e. The first-order chi connectivity index (χ1) is 5.85. The molecule has 0 radical (unpaired) electrons. The number of rotatable bonds is 3. The molecular weight excluding hydrogens is 160 g/mol. The van der Waals surface area contributed by atoms with Crippen molar-refractivity contribution in [2.45, 2.75) is 47.1 Å². The number of aliphatic imine (C=N–C) groups is 1. The van der Waals surface area contributed by atoms with Gasteiger partial charge in [0, 0.05) is 18.0 Å². The van der Waals surface area contributed by atoms with Crippen LogP contribution in [0, 0.1) is 5.41 Å². The topological polar surface area (TPSA) is 38.4 Å². The van der Waals surface area contributed by atoms with E-state index in [2.05, 4.69) is 39.6 Å². The van der Waals surface area contributed by atoms with Gasteiger partial charge in [-0.05, 0) is 18.8 Å². The van der Waals surface area contributed by atoms with Gasteiger partial charge in [0.1, 0.15) is 0 Å². The van der Waals surface area contributed by atoms with Crippen LogP contribution in [-0.2, 0) is 0 Å². The van der Waals surface area contributed by atoms with E-state index in [1.165, 1.54) is 0 Å². The average Bonchev–Trinajstić information content (AvgIpc) is 1.97. The molecule has 0 aliphatic heterocycles. The first-order valence-electron chi connectivity index (χ1n) is 4.86. The van der Waals surface area contributed by atoms with Crippen LogP contribution in [0.15, 0.2) is 16.8 Å². The van der Waals surface area contributed by atoms with Crippen molar-refractivity contribution in [3.8, 4) is 0 Å². The SMILES string of the molecule is CCC(C)/N=C\C(N)=C/C(C)(C)C. The second-order valence-electron chi connectivity index (χ2n) is 4.55. The first-order valence-corrected chi connectivity index (χ1v) is 4.86. The van der Waals surface area contributed by atoms with Crippen LogP contribution in [-0.4, -0.2) is 12.3 Å². The van der Waals surface area contributed by atoms with E-state index in [4.69, 9.17) is 5.73 Å². The van der Waals surface area contributed by atoms with Gasteiger partial charge in [0.05, 0.1) is 0 Å². The molecule has 0 aromatic carbocycles. The molecule has 0 fully saturated rings. The summed E-state index contributed by atoms with van der Waals surface area (Å²) in [6.45, 7) is 10.6. The fraction of sp³-hybridized carbons (Fsp3) is 0.727. The third-order valence-corrected chi connectivity index (χ3v) is 1.67. The quantitative estimate of drug-likeness (QED) is 0.670. The van der Waals surface area contributed by atoms with Gasteiger partial charge in [0.2, 0.25) is 0 Å². The van der Waals surface area contributed by atoms with E-state index in [1.807, 2.05) is 6.08 Å². The highest BCUT2D eigenvalue weighted by Crippen LogP contribution is 2.15. The molecule has 0 aliphatic carbocycles. The zero-order valence-corrected chi connectivity index (χ0v) is 9.46. The van der Waals surface area contributed by atoms with Crippen molar-refractivity contribution in [2.24, 2.45) is 16.1 Å². The lowest BCUT2D eigenvalue weighted by molar-refractivity contribution is 0.541. The maximum atomic E-state index is 5.77. The molecule has 0 spiro atoms. The highest BCUT2D eigenvalue weighted by molar-refractivity contribution is 5.77. The molecule has 0 aromatic heterocycles. The maximum Gasteiger partial charge on any atom is 0.0469 e. The third kappa shape index (κ3) is 7.57. The minimum Gasteiger partial charge on any atom is -0.398 e. The fourth-order valence-corrected chi connectivity index (χ4v) is 0.856. The van der Waals surface area contributed by atoms with Crippen LogP contribution < -0.4 is 5.73 Å². The van der Waals surface area contributed by atoms with Crippen LogP contribution >= 0.6 is 0 Å². The van der Waals surface area contributed by atoms with E-state index in [9.17, 15) is 0 Å². The zero-order chi connectivity index (χ0) is 10.5. The predicted molar refractivity (Wildman–Crippen MR) is 60.0 cm³/mol. The van der Waals surface area contributed by atoms with Gasteiger partial charge in [-0.2, -0.15) is 0 Å². The van der Waals surface area contributed by atoms with Crippen molar-refractivity contribution in [3.63, 3.8) is 0 Å². The Morgan fingerprint density at radius 2 is 2.00 bits per heavy atom. The van der Waals surface area contributed by atoms with Crippen LogP contribution in [0.3, 0.4) is 0 Å². The van der Waals surface area contributed by atoms with Gasteiger partial charge in [-0.25, -0.2) is 0 Å². The Kier molecular flexibility index (Phi) is 4.74. The summed E-state index contributed by atoms with van der Waals surface area (Å²) in [6, 6.07) is 0.368. The molecule has 0 saturated carbocycles. The molecule has 1 atom stereocenters. The predicted octanol–water partition coefficient (Wildman–Crippen LogP) is 2.74. The van der Waals surface area contributed by atoms with Crippen LogP contribution in [0.1, 0.15) is 41.0 Å². The number of nitrogens with two attached hydrogens (primary N) is 1. The summed E-state index contributed by atoms with van der Waals surface area (Å²) in [5.74, 6) is 0. The summed E-state index contributed by atoms with van der Waals surface area (Å²) in [7, 11) is 0. The van der Waals surface area contributed by atoms with E-state index in [1.54, 1.807) is 6.21 Å². The molecule has 0 aromatic rings. The summed E-state index contributed by atoms with van der Waals surface area (Å²) in [5.41, 5.74) is 6.66. The van der Waals surface area contributed by atoms with Crippen molar-refractivity contribution in [1.29, 1.82) is 0 Å². The Morgan fingerprint density at radius 1 is 1.46 bits per heavy atom. The first kappa shape index (κ1) is 12.2. The van der Waals surface area contributed by atoms with E-state index >= 15 is 0 Å². The van der Waals surface area contributed by atoms with Crippen LogP contribution in [0.2, 0.25) is 0 Å². The van der Waals surface area contributed by atoms with Gasteiger partial charge < -0.3 is 5.73 Å². The summed E-state index contributed by atoms with van der Waals surface area (Å²) in [6.07, 6.45) is 4.84. The minimum absolute atomic E-state index is 0.131. The number of allylic oxidation sites excluding steroid dienone is 2. The van der Waals surface area contributed by atoms with Gasteiger partial charge in [0.25, 0.3) is 0 Å². The van der Waals surface area contributed by atoms with Gasteiger partial charge >= 0.3 is 0 Å². The average molecular weight is 182 g/mol. The summed E-state index contributed by atoms with van der Waals surface area (Å²) in [5, 5.41) is 0. The molecule has 2 nitrogen and oxygen atoms in total. The van der Waals surface area contributed by atoms with Gasteiger partial charge in [-0.15, -0.1) is 0 Å². The Morgan fingerprint density at radius 3 is 2.38 bits per heavy atom. The normalized spacial score (nSPS) is 16.5. The lowest BCUT2D eigenvalue weighted by Crippen LogP contribution is -2.08. The van der Waals surface area contributed by atoms with E-state index < -0.39 is 0 Å². The Balaban J connectivity index is 4.22. The Hall–Kier alpha value is -0.790. The largest absolute Gasteiger partial charge is 0.398 e. The molecule has 76 valence electrons. The highest BCUT2D eigenvalue weighted by atomic mass is 14.8. The van der Waals surface area contributed by atoms with Crippen LogP contribution in [0.25, 0.3) is 0 Å². The van der Waals surface area contributed by atoms with Gasteiger partial charge in [0.15, 0.2) is 0 Å². The molecule has 0 saturated heterocycles. The van der Waals surface area contributed by atoms with E-state index in [0.717, 1.165) is 12.1 Å². The Labute approximate surface area is 81.9 Å². The van der Waals surface area contributed by atoms with Crippen LogP contribution in [0.4, 0.5) is 0 Å². The summed E-state index contributed by atoms with van der Waals surface area (Å²) >= 11 is 0. The van der Waals surface area contributed by atoms with Crippen molar-refractivity contribution >= 4 is 6.21 Å². The van der Waals surface area contributed by atoms with E-state index in [-0.39, 0.29) is 5.41 Å². The maximum absolute atomic E-state index is 5.77. The number of hydrogen-bond acceptors (Lipinski definition) is 2. The standard InChI is InChI=1S/C11H22N2/c1-6-9(2)13-8-10(12)7-11(3,4)5/h7-9H,6,12H2,1-5H3/b10-7+,13-8-. The molecule has 0 bridgehead atoms. The molecule has 2 heteroatoms. The molecule has 0 amide bonds. The molecule has 0 aliphatic rings. The van der Waals surface area contributed by atoms with Crippen molar-refractivity contribution in [2.75, 3.05) is 0 Å². The molecule has 13 heavy (non-hydrogen) atoms. The van der Waals surface area contributed by atoms with Crippen molar-refractivity contribution in [3.05, 3.63) is 11.8 Å². The third-order valence-electron chi connectivity index (χ3n) is 1.67. The summed E-state index contributed by atoms with van der Waals surface area (Å²) in [4.78, 5) is 4.31. The molecule has 0 rings (SSSR count). The summed E-state index contributed by atoms with van der Waals surface area (Å²) < 4.78 is 0. The monoisotopic (exact) mass is 182 g/mol. The molecule has 1 unspecified atom stereocenters. The minimum atomic E-state index is 0.131. The van der Waals surface area contributed by atoms with E-state index in [0.29, 0.717) is 6.04 Å². The Bertz CT molecular complexity index is 197. The zero-order valence-electron chi connectivity index (χ0n) is 9.46. The number of nitrogens with zero attached hydrogens (tertiary/aromatic N) is 1. The molecule has 2 N–H and O–H groups in total. The van der Waals surface area contributed by atoms with Gasteiger partial charge in [-0.3, -0.25) is 4.99 Å². The van der Waals surface area contributed by atoms with Crippen LogP contribution in [0.5, 0.6) is 0 Å². The van der Waals surface area contributed by atoms with Gasteiger partial charge in [-0.1, -0.05) is 33.8 Å². The van der Waals surface area contributed by atoms with Crippen molar-refractivity contribution in [1.82, 2.24) is 0 Å².